The number of para-hydroxylation sites is 2. The number of thioether (sulfide) groups is 1. The number of amides is 2. The molecule has 2 aromatic carbocycles. The SMILES string of the molecule is Cc1cccc(C)c1NC(=O)CNC(=O)C(C)Sc1nc(-c2ccco2)nc2ccccc12. The van der Waals surface area contributed by atoms with Gasteiger partial charge in [0.05, 0.1) is 23.6 Å². The number of benzene rings is 2. The van der Waals surface area contributed by atoms with Crippen molar-refractivity contribution in [2.45, 2.75) is 31.0 Å². The molecule has 4 aromatic rings. The number of anilines is 1. The number of nitrogens with one attached hydrogen (secondary N) is 2. The van der Waals surface area contributed by atoms with Crippen LogP contribution in [-0.4, -0.2) is 33.6 Å². The van der Waals surface area contributed by atoms with Gasteiger partial charge in [0.1, 0.15) is 5.03 Å². The first-order valence-corrected chi connectivity index (χ1v) is 11.4. The Kier molecular flexibility index (Phi) is 6.74. The normalized spacial score (nSPS) is 11.8. The van der Waals surface area contributed by atoms with Gasteiger partial charge >= 0.3 is 0 Å². The van der Waals surface area contributed by atoms with Crippen molar-refractivity contribution in [3.05, 3.63) is 72.0 Å². The Balaban J connectivity index is 1.44. The minimum atomic E-state index is -0.472. The number of aryl methyl sites for hydroxylation is 2. The zero-order valence-electron chi connectivity index (χ0n) is 18.6. The van der Waals surface area contributed by atoms with Crippen LogP contribution in [0.25, 0.3) is 22.5 Å². The van der Waals surface area contributed by atoms with Gasteiger partial charge in [-0.05, 0) is 50.1 Å². The predicted molar refractivity (Wildman–Crippen MR) is 130 cm³/mol. The predicted octanol–water partition coefficient (Wildman–Crippen LogP) is 4.74. The lowest BCUT2D eigenvalue weighted by atomic mass is 10.1. The van der Waals surface area contributed by atoms with Crippen molar-refractivity contribution in [3.63, 3.8) is 0 Å². The Morgan fingerprint density at radius 1 is 1.00 bits per heavy atom. The first-order valence-electron chi connectivity index (χ1n) is 10.5. The van der Waals surface area contributed by atoms with E-state index in [4.69, 9.17) is 4.42 Å². The summed E-state index contributed by atoms with van der Waals surface area (Å²) in [7, 11) is 0. The summed E-state index contributed by atoms with van der Waals surface area (Å²) in [6, 6.07) is 17.0. The second kappa shape index (κ2) is 9.87. The van der Waals surface area contributed by atoms with E-state index in [1.165, 1.54) is 11.8 Å². The zero-order chi connectivity index (χ0) is 23.4. The maximum Gasteiger partial charge on any atom is 0.243 e. The number of carbonyl (C=O) groups is 2. The van der Waals surface area contributed by atoms with Gasteiger partial charge in [-0.15, -0.1) is 0 Å². The average Bonchev–Trinajstić information content (AvgIpc) is 3.35. The van der Waals surface area contributed by atoms with Gasteiger partial charge < -0.3 is 15.1 Å². The third-order valence-electron chi connectivity index (χ3n) is 5.14. The van der Waals surface area contributed by atoms with Gasteiger partial charge in [-0.1, -0.05) is 48.2 Å². The summed E-state index contributed by atoms with van der Waals surface area (Å²) in [5, 5.41) is 6.65. The molecule has 7 nitrogen and oxygen atoms in total. The summed E-state index contributed by atoms with van der Waals surface area (Å²) in [6.45, 7) is 5.54. The highest BCUT2D eigenvalue weighted by Crippen LogP contribution is 2.31. The fourth-order valence-corrected chi connectivity index (χ4v) is 4.34. The molecule has 33 heavy (non-hydrogen) atoms. The Morgan fingerprint density at radius 2 is 1.76 bits per heavy atom. The number of nitrogens with zero attached hydrogens (tertiary/aromatic N) is 2. The largest absolute Gasteiger partial charge is 0.461 e. The molecule has 0 fully saturated rings. The molecule has 1 unspecified atom stereocenters. The molecule has 0 aliphatic rings. The third-order valence-corrected chi connectivity index (χ3v) is 6.24. The number of rotatable bonds is 7. The summed E-state index contributed by atoms with van der Waals surface area (Å²) >= 11 is 1.32. The fourth-order valence-electron chi connectivity index (χ4n) is 3.38. The maximum absolute atomic E-state index is 12.7. The summed E-state index contributed by atoms with van der Waals surface area (Å²) < 4.78 is 5.45. The van der Waals surface area contributed by atoms with Crippen molar-refractivity contribution < 1.29 is 14.0 Å². The Morgan fingerprint density at radius 3 is 2.48 bits per heavy atom. The topological polar surface area (TPSA) is 97.1 Å². The van der Waals surface area contributed by atoms with Gasteiger partial charge in [0, 0.05) is 11.1 Å². The van der Waals surface area contributed by atoms with Crippen LogP contribution in [0.4, 0.5) is 5.69 Å². The van der Waals surface area contributed by atoms with E-state index in [-0.39, 0.29) is 18.4 Å². The van der Waals surface area contributed by atoms with Crippen LogP contribution in [0.5, 0.6) is 0 Å². The second-order valence-corrected chi connectivity index (χ2v) is 8.97. The van der Waals surface area contributed by atoms with Gasteiger partial charge in [-0.2, -0.15) is 0 Å². The van der Waals surface area contributed by atoms with E-state index in [0.29, 0.717) is 16.6 Å². The molecule has 0 saturated carbocycles. The fraction of sp³-hybridized carbons (Fsp3) is 0.200. The standard InChI is InChI=1S/C25H24N4O3S/c1-15-8-6-9-16(2)22(15)28-21(30)14-26-24(31)17(3)33-25-18-10-4-5-11-19(18)27-23(29-25)20-12-7-13-32-20/h4-13,17H,14H2,1-3H3,(H,26,31)(H,28,30). The molecule has 2 amide bonds. The summed E-state index contributed by atoms with van der Waals surface area (Å²) in [5.74, 6) is 0.495. The van der Waals surface area contributed by atoms with Crippen LogP contribution in [0.1, 0.15) is 18.1 Å². The van der Waals surface area contributed by atoms with Crippen molar-refractivity contribution in [2.75, 3.05) is 11.9 Å². The number of hydrogen-bond acceptors (Lipinski definition) is 6. The Labute approximate surface area is 196 Å². The van der Waals surface area contributed by atoms with Crippen molar-refractivity contribution in [1.29, 1.82) is 0 Å². The van der Waals surface area contributed by atoms with Crippen LogP contribution in [0.3, 0.4) is 0 Å². The van der Waals surface area contributed by atoms with Crippen LogP contribution in [0.2, 0.25) is 0 Å². The molecule has 0 aliphatic carbocycles. The van der Waals surface area contributed by atoms with Crippen LogP contribution in [0, 0.1) is 13.8 Å². The van der Waals surface area contributed by atoms with Crippen LogP contribution >= 0.6 is 11.8 Å². The number of hydrogen-bond donors (Lipinski definition) is 2. The van der Waals surface area contributed by atoms with E-state index >= 15 is 0 Å². The number of fused-ring (bicyclic) bond motifs is 1. The first-order chi connectivity index (χ1) is 15.9. The van der Waals surface area contributed by atoms with Crippen molar-refractivity contribution in [1.82, 2.24) is 15.3 Å². The molecule has 8 heteroatoms. The summed E-state index contributed by atoms with van der Waals surface area (Å²) in [5.41, 5.74) is 3.49. The maximum atomic E-state index is 12.7. The summed E-state index contributed by atoms with van der Waals surface area (Å²) in [4.78, 5) is 34.3. The molecule has 0 spiro atoms. The van der Waals surface area contributed by atoms with E-state index in [1.807, 2.05) is 56.3 Å². The highest BCUT2D eigenvalue weighted by atomic mass is 32.2. The lowest BCUT2D eigenvalue weighted by Gasteiger charge is -2.14. The highest BCUT2D eigenvalue weighted by molar-refractivity contribution is 8.00. The molecule has 0 bridgehead atoms. The molecule has 1 atom stereocenters. The van der Waals surface area contributed by atoms with Gasteiger partial charge in [-0.25, -0.2) is 9.97 Å². The van der Waals surface area contributed by atoms with Gasteiger partial charge in [-0.3, -0.25) is 9.59 Å². The minimum absolute atomic E-state index is 0.111. The monoisotopic (exact) mass is 460 g/mol. The zero-order valence-corrected chi connectivity index (χ0v) is 19.4. The van der Waals surface area contributed by atoms with E-state index in [0.717, 1.165) is 27.7 Å². The lowest BCUT2D eigenvalue weighted by Crippen LogP contribution is -2.37. The van der Waals surface area contributed by atoms with E-state index in [2.05, 4.69) is 20.6 Å². The van der Waals surface area contributed by atoms with E-state index < -0.39 is 5.25 Å². The molecule has 2 heterocycles. The molecule has 4 rings (SSSR count). The van der Waals surface area contributed by atoms with Gasteiger partial charge in [0.15, 0.2) is 11.6 Å². The lowest BCUT2D eigenvalue weighted by molar-refractivity contribution is -0.123. The molecular formula is C25H24N4O3S. The Hall–Kier alpha value is -3.65. The van der Waals surface area contributed by atoms with E-state index in [1.54, 1.807) is 25.3 Å². The average molecular weight is 461 g/mol. The first kappa shape index (κ1) is 22.5. The highest BCUT2D eigenvalue weighted by Gasteiger charge is 2.19. The van der Waals surface area contributed by atoms with Gasteiger partial charge in [0.2, 0.25) is 11.8 Å². The molecule has 0 aliphatic heterocycles. The molecular weight excluding hydrogens is 436 g/mol. The van der Waals surface area contributed by atoms with Crippen molar-refractivity contribution in [3.8, 4) is 11.6 Å². The Bertz CT molecular complexity index is 1280. The third kappa shape index (κ3) is 5.23. The smallest absolute Gasteiger partial charge is 0.243 e. The summed E-state index contributed by atoms with van der Waals surface area (Å²) in [6.07, 6.45) is 1.57. The molecule has 2 aromatic heterocycles. The molecule has 0 saturated heterocycles. The van der Waals surface area contributed by atoms with Crippen LogP contribution < -0.4 is 10.6 Å². The van der Waals surface area contributed by atoms with Crippen molar-refractivity contribution >= 4 is 40.2 Å². The number of aromatic nitrogens is 2. The number of furan rings is 1. The number of carbonyl (C=O) groups excluding carboxylic acids is 2. The van der Waals surface area contributed by atoms with Crippen LogP contribution in [0.15, 0.2) is 70.3 Å². The minimum Gasteiger partial charge on any atom is -0.461 e. The molecule has 2 N–H and O–H groups in total. The quantitative estimate of drug-likeness (QED) is 0.305. The second-order valence-electron chi connectivity index (χ2n) is 7.64. The molecule has 0 radical (unpaired) electrons. The van der Waals surface area contributed by atoms with Gasteiger partial charge in [0.25, 0.3) is 0 Å². The molecule has 168 valence electrons. The van der Waals surface area contributed by atoms with Crippen molar-refractivity contribution in [2.24, 2.45) is 0 Å². The van der Waals surface area contributed by atoms with Crippen LogP contribution in [-0.2, 0) is 9.59 Å². The van der Waals surface area contributed by atoms with E-state index in [9.17, 15) is 9.59 Å².